The Bertz CT molecular complexity index is 950. The molecular weight excluding hydrogens is 425 g/mol. The molecular formula is C21H23Cl2N5O2. The number of piperidine rings is 1. The van der Waals surface area contributed by atoms with E-state index in [-0.39, 0.29) is 17.0 Å². The number of pyridine rings is 1. The van der Waals surface area contributed by atoms with E-state index in [9.17, 15) is 9.59 Å². The average Bonchev–Trinajstić information content (AvgIpc) is 2.70. The largest absolute Gasteiger partial charge is 0.323 e. The molecule has 2 saturated heterocycles. The monoisotopic (exact) mass is 447 g/mol. The number of hydrogen-bond acceptors (Lipinski definition) is 4. The van der Waals surface area contributed by atoms with Gasteiger partial charge in [-0.2, -0.15) is 0 Å². The first-order valence-corrected chi connectivity index (χ1v) is 10.6. The smallest absolute Gasteiger partial charge is 0.321 e. The molecule has 1 aromatic heterocycles. The van der Waals surface area contributed by atoms with Crippen molar-refractivity contribution in [1.29, 1.82) is 0 Å². The predicted molar refractivity (Wildman–Crippen MR) is 118 cm³/mol. The molecule has 1 aromatic carbocycles. The lowest BCUT2D eigenvalue weighted by molar-refractivity contribution is -0.0129. The van der Waals surface area contributed by atoms with Crippen LogP contribution in [0, 0.1) is 5.41 Å². The van der Waals surface area contributed by atoms with E-state index >= 15 is 0 Å². The van der Waals surface area contributed by atoms with Gasteiger partial charge in [0.15, 0.2) is 0 Å². The minimum absolute atomic E-state index is 0.208. The Morgan fingerprint density at radius 2 is 1.73 bits per heavy atom. The average molecular weight is 448 g/mol. The van der Waals surface area contributed by atoms with Crippen molar-refractivity contribution in [3.63, 3.8) is 0 Å². The fourth-order valence-corrected chi connectivity index (χ4v) is 4.24. The summed E-state index contributed by atoms with van der Waals surface area (Å²) in [6, 6.07) is 7.83. The Kier molecular flexibility index (Phi) is 5.86. The number of nitrogens with one attached hydrogen (secondary N) is 2. The second-order valence-electron chi connectivity index (χ2n) is 8.10. The molecule has 3 heterocycles. The Balaban J connectivity index is 1.42. The lowest BCUT2D eigenvalue weighted by atomic mass is 9.72. The maximum atomic E-state index is 12.8. The lowest BCUT2D eigenvalue weighted by Gasteiger charge is -2.53. The van der Waals surface area contributed by atoms with Crippen LogP contribution in [0.4, 0.5) is 16.3 Å². The summed E-state index contributed by atoms with van der Waals surface area (Å²) in [5, 5.41) is 6.43. The first-order valence-electron chi connectivity index (χ1n) is 9.81. The van der Waals surface area contributed by atoms with Crippen LogP contribution < -0.4 is 10.6 Å². The minimum atomic E-state index is -0.419. The molecule has 0 bridgehead atoms. The second kappa shape index (κ2) is 8.41. The number of hydrogen-bond donors (Lipinski definition) is 2. The number of amides is 3. The predicted octanol–water partition coefficient (Wildman–Crippen LogP) is 4.20. The van der Waals surface area contributed by atoms with Crippen molar-refractivity contribution < 1.29 is 9.59 Å². The van der Waals surface area contributed by atoms with E-state index in [0.29, 0.717) is 21.6 Å². The molecule has 158 valence electrons. The third-order valence-electron chi connectivity index (χ3n) is 5.82. The standard InChI is InChI=1S/C21H23Cl2N5O2/c1-27-8-6-21(7-9-27)12-28(13-21)20(30)25-17-4-2-14(22)10-16(17)19(29)26-18-5-3-15(23)11-24-18/h2-5,10-11H,6-9,12-13H2,1H3,(H,25,30)(H,24,26,29). The summed E-state index contributed by atoms with van der Waals surface area (Å²) in [6.45, 7) is 3.62. The van der Waals surface area contributed by atoms with E-state index in [0.717, 1.165) is 39.0 Å². The van der Waals surface area contributed by atoms with Crippen LogP contribution in [-0.2, 0) is 0 Å². The van der Waals surface area contributed by atoms with Crippen molar-refractivity contribution in [2.45, 2.75) is 12.8 Å². The van der Waals surface area contributed by atoms with E-state index in [1.54, 1.807) is 29.2 Å². The number of rotatable bonds is 3. The molecule has 2 aliphatic heterocycles. The van der Waals surface area contributed by atoms with E-state index < -0.39 is 5.91 Å². The molecule has 2 N–H and O–H groups in total. The molecule has 0 saturated carbocycles. The normalized spacial score (nSPS) is 18.0. The molecule has 2 aliphatic rings. The van der Waals surface area contributed by atoms with Crippen molar-refractivity contribution in [2.75, 3.05) is 43.9 Å². The Morgan fingerprint density at radius 3 is 2.40 bits per heavy atom. The Hall–Kier alpha value is -2.35. The van der Waals surface area contributed by atoms with E-state index in [4.69, 9.17) is 23.2 Å². The number of benzene rings is 1. The number of carbonyl (C=O) groups is 2. The number of halogens is 2. The fraction of sp³-hybridized carbons (Fsp3) is 0.381. The molecule has 0 radical (unpaired) electrons. The number of anilines is 2. The molecule has 9 heteroatoms. The van der Waals surface area contributed by atoms with Gasteiger partial charge in [-0.05, 0) is 63.3 Å². The van der Waals surface area contributed by atoms with Crippen LogP contribution in [0.1, 0.15) is 23.2 Å². The zero-order chi connectivity index (χ0) is 21.3. The summed E-state index contributed by atoms with van der Waals surface area (Å²) >= 11 is 11.9. The first kappa shape index (κ1) is 20.9. The molecule has 0 unspecified atom stereocenters. The van der Waals surface area contributed by atoms with Gasteiger partial charge in [-0.3, -0.25) is 4.79 Å². The summed E-state index contributed by atoms with van der Waals surface area (Å²) in [5.74, 6) is -0.0633. The highest BCUT2D eigenvalue weighted by Crippen LogP contribution is 2.40. The molecule has 0 atom stereocenters. The zero-order valence-electron chi connectivity index (χ0n) is 16.6. The zero-order valence-corrected chi connectivity index (χ0v) is 18.1. The summed E-state index contributed by atoms with van der Waals surface area (Å²) in [4.78, 5) is 33.7. The van der Waals surface area contributed by atoms with Gasteiger partial charge < -0.3 is 20.4 Å². The van der Waals surface area contributed by atoms with Gasteiger partial charge in [0.05, 0.1) is 16.3 Å². The Morgan fingerprint density at radius 1 is 1.03 bits per heavy atom. The van der Waals surface area contributed by atoms with E-state index in [1.165, 1.54) is 12.3 Å². The van der Waals surface area contributed by atoms with Crippen molar-refractivity contribution in [1.82, 2.24) is 14.8 Å². The van der Waals surface area contributed by atoms with Gasteiger partial charge in [-0.15, -0.1) is 0 Å². The molecule has 0 aliphatic carbocycles. The molecule has 30 heavy (non-hydrogen) atoms. The highest BCUT2D eigenvalue weighted by Gasteiger charge is 2.46. The van der Waals surface area contributed by atoms with Crippen LogP contribution in [0.3, 0.4) is 0 Å². The SMILES string of the molecule is CN1CCC2(CC1)CN(C(=O)Nc1ccc(Cl)cc1C(=O)Nc1ccc(Cl)cn1)C2. The van der Waals surface area contributed by atoms with Gasteiger partial charge >= 0.3 is 6.03 Å². The lowest BCUT2D eigenvalue weighted by Crippen LogP contribution is -2.62. The third-order valence-corrected chi connectivity index (χ3v) is 6.28. The summed E-state index contributed by atoms with van der Waals surface area (Å²) < 4.78 is 0. The first-order chi connectivity index (χ1) is 14.3. The molecule has 3 amide bonds. The summed E-state index contributed by atoms with van der Waals surface area (Å²) in [7, 11) is 2.13. The topological polar surface area (TPSA) is 77.6 Å². The van der Waals surface area contributed by atoms with Crippen LogP contribution in [0.15, 0.2) is 36.5 Å². The van der Waals surface area contributed by atoms with Gasteiger partial charge in [0.1, 0.15) is 5.82 Å². The molecule has 2 aromatic rings. The van der Waals surface area contributed by atoms with Crippen LogP contribution in [0.25, 0.3) is 0 Å². The third kappa shape index (κ3) is 4.53. The molecule has 1 spiro atoms. The van der Waals surface area contributed by atoms with Gasteiger partial charge in [-0.25, -0.2) is 9.78 Å². The molecule has 2 fully saturated rings. The van der Waals surface area contributed by atoms with Crippen LogP contribution in [-0.4, -0.2) is 59.9 Å². The van der Waals surface area contributed by atoms with Crippen LogP contribution in [0.2, 0.25) is 10.0 Å². The van der Waals surface area contributed by atoms with Gasteiger partial charge in [0, 0.05) is 29.7 Å². The summed E-state index contributed by atoms with van der Waals surface area (Å²) in [6.07, 6.45) is 3.66. The van der Waals surface area contributed by atoms with Crippen LogP contribution in [0.5, 0.6) is 0 Å². The second-order valence-corrected chi connectivity index (χ2v) is 8.97. The van der Waals surface area contributed by atoms with Crippen molar-refractivity contribution in [3.8, 4) is 0 Å². The number of carbonyl (C=O) groups excluding carboxylic acids is 2. The Labute approximate surface area is 185 Å². The maximum Gasteiger partial charge on any atom is 0.321 e. The van der Waals surface area contributed by atoms with Gasteiger partial charge in [0.25, 0.3) is 5.91 Å². The van der Waals surface area contributed by atoms with Crippen molar-refractivity contribution in [2.24, 2.45) is 5.41 Å². The fourth-order valence-electron chi connectivity index (χ4n) is 3.96. The van der Waals surface area contributed by atoms with Gasteiger partial charge in [0.2, 0.25) is 0 Å². The van der Waals surface area contributed by atoms with Crippen LogP contribution >= 0.6 is 23.2 Å². The maximum absolute atomic E-state index is 12.8. The minimum Gasteiger partial charge on any atom is -0.323 e. The molecule has 4 rings (SSSR count). The highest BCUT2D eigenvalue weighted by molar-refractivity contribution is 6.31. The van der Waals surface area contributed by atoms with Gasteiger partial charge in [-0.1, -0.05) is 23.2 Å². The summed E-state index contributed by atoms with van der Waals surface area (Å²) in [5.41, 5.74) is 0.909. The number of nitrogens with zero attached hydrogens (tertiary/aromatic N) is 3. The molecule has 7 nitrogen and oxygen atoms in total. The quantitative estimate of drug-likeness (QED) is 0.738. The number of urea groups is 1. The van der Waals surface area contributed by atoms with E-state index in [1.807, 2.05) is 0 Å². The van der Waals surface area contributed by atoms with Crippen molar-refractivity contribution in [3.05, 3.63) is 52.1 Å². The number of aromatic nitrogens is 1. The van der Waals surface area contributed by atoms with Crippen molar-refractivity contribution >= 4 is 46.6 Å². The number of likely N-dealkylation sites (tertiary alicyclic amines) is 2. The van der Waals surface area contributed by atoms with E-state index in [2.05, 4.69) is 27.6 Å². The highest BCUT2D eigenvalue weighted by atomic mass is 35.5.